The molecule has 0 aromatic carbocycles. The number of aliphatic carboxylic acids is 1. The van der Waals surface area contributed by atoms with Gasteiger partial charge in [-0.2, -0.15) is 0 Å². The molecule has 5 heterocycles. The van der Waals surface area contributed by atoms with Crippen LogP contribution in [-0.4, -0.2) is 73.0 Å². The van der Waals surface area contributed by atoms with Crippen molar-refractivity contribution in [2.24, 2.45) is 0 Å². The van der Waals surface area contributed by atoms with Gasteiger partial charge in [-0.25, -0.2) is 9.97 Å². The van der Waals surface area contributed by atoms with Gasteiger partial charge in [0, 0.05) is 37.9 Å². The smallest absolute Gasteiger partial charge is 0.657 e. The maximum Gasteiger partial charge on any atom is 2.00 e. The Morgan fingerprint density at radius 1 is 0.684 bits per heavy atom. The van der Waals surface area contributed by atoms with E-state index in [4.69, 9.17) is 34.1 Å². The molecule has 11 nitrogen and oxygen atoms in total. The largest absolute Gasteiger partial charge is 2.00 e. The predicted octanol–water partition coefficient (Wildman–Crippen LogP) is 7.10. The zero-order chi connectivity index (χ0) is 40.2. The number of unbranched alkanes of at least 4 members (excludes halogenated alkanes) is 1. The molecule has 0 atom stereocenters. The average Bonchev–Trinajstić information content (AvgIpc) is 3.84. The van der Waals surface area contributed by atoms with Crippen LogP contribution in [0.4, 0.5) is 0 Å². The first-order chi connectivity index (χ1) is 27.1. The van der Waals surface area contributed by atoms with E-state index in [-0.39, 0.29) is 29.3 Å². The number of fused-ring (bicyclic) bond motifs is 8. The number of aryl methyl sites for hydroxylation is 3. The van der Waals surface area contributed by atoms with Gasteiger partial charge in [0.2, 0.25) is 0 Å². The fourth-order valence-electron chi connectivity index (χ4n) is 7.04. The van der Waals surface area contributed by atoms with Crippen molar-refractivity contribution < 1.29 is 51.7 Å². The molecule has 304 valence electrons. The maximum atomic E-state index is 13.2. The number of carboxylic acid groups (broad SMARTS) is 1. The molecule has 3 aromatic heterocycles. The Hall–Kier alpha value is -4.42. The van der Waals surface area contributed by atoms with Crippen LogP contribution in [0.2, 0.25) is 0 Å². The maximum absolute atomic E-state index is 13.2. The van der Waals surface area contributed by atoms with Gasteiger partial charge in [-0.3, -0.25) is 9.59 Å². The Bertz CT molecular complexity index is 2180. The van der Waals surface area contributed by atoms with Crippen molar-refractivity contribution >= 4 is 62.2 Å². The van der Waals surface area contributed by atoms with Crippen LogP contribution in [0.5, 0.6) is 0 Å². The number of hydrogen-bond acceptors (Lipinski definition) is 7. The van der Waals surface area contributed by atoms with Crippen LogP contribution in [0.15, 0.2) is 43.5 Å². The number of carbonyl (C=O) groups is 2. The number of ketones is 1. The molecule has 0 spiro atoms. The Kier molecular flexibility index (Phi) is 17.4. The third-order valence-corrected chi connectivity index (χ3v) is 10.4. The van der Waals surface area contributed by atoms with E-state index in [1.807, 2.05) is 58.0 Å². The molecule has 2 aliphatic heterocycles. The molecule has 0 saturated heterocycles. The zero-order valence-corrected chi connectivity index (χ0v) is 34.9. The SMILES string of the molecule is C=CC1=C(C)c2cc3[n-]c(cc4nc(cc5[n-]c(cc1n2)c(C)c5C=C)C(C)=C4CCC(=O)O)c(CCC(=O)CCCCOCCOCCOCCC[NH3+])c3C.[Fe+2]. The summed E-state index contributed by atoms with van der Waals surface area (Å²) in [6.45, 7) is 20.5. The monoisotopic (exact) mass is 818 g/mol. The van der Waals surface area contributed by atoms with Gasteiger partial charge in [0.25, 0.3) is 0 Å². The van der Waals surface area contributed by atoms with Gasteiger partial charge in [0.15, 0.2) is 0 Å². The number of Topliss-reactive ketones (excluding diaryl/α,β-unsaturated/α-hetero) is 1. The number of carbonyl (C=O) groups excluding carboxylic acids is 1. The summed E-state index contributed by atoms with van der Waals surface area (Å²) in [6, 6.07) is 7.86. The fourth-order valence-corrected chi connectivity index (χ4v) is 7.04. The molecule has 0 aliphatic carbocycles. The first-order valence-corrected chi connectivity index (χ1v) is 19.6. The summed E-state index contributed by atoms with van der Waals surface area (Å²) in [5.74, 6) is -0.696. The molecule has 57 heavy (non-hydrogen) atoms. The van der Waals surface area contributed by atoms with Crippen LogP contribution >= 0.6 is 0 Å². The van der Waals surface area contributed by atoms with Gasteiger partial charge in [-0.05, 0) is 75.7 Å². The summed E-state index contributed by atoms with van der Waals surface area (Å²) in [4.78, 5) is 45.1. The summed E-state index contributed by atoms with van der Waals surface area (Å²) in [5, 5.41) is 9.62. The summed E-state index contributed by atoms with van der Waals surface area (Å²) in [5.41, 5.74) is 17.2. The van der Waals surface area contributed by atoms with E-state index in [0.29, 0.717) is 82.2 Å². The Labute approximate surface area is 346 Å². The fraction of sp³-hybridized carbons (Fsp3) is 0.422. The van der Waals surface area contributed by atoms with Crippen LogP contribution in [-0.2, 0) is 47.3 Å². The molecule has 0 radical (unpaired) electrons. The first kappa shape index (κ1) is 45.3. The predicted molar refractivity (Wildman–Crippen MR) is 223 cm³/mol. The van der Waals surface area contributed by atoms with Crippen molar-refractivity contribution in [1.82, 2.24) is 19.9 Å². The summed E-state index contributed by atoms with van der Waals surface area (Å²) < 4.78 is 16.7. The van der Waals surface area contributed by atoms with Crippen molar-refractivity contribution in [3.05, 3.63) is 88.5 Å². The second-order valence-corrected chi connectivity index (χ2v) is 14.2. The van der Waals surface area contributed by atoms with Crippen LogP contribution < -0.4 is 15.7 Å². The summed E-state index contributed by atoms with van der Waals surface area (Å²) in [6.07, 6.45) is 7.76. The van der Waals surface area contributed by atoms with Gasteiger partial charge in [-0.15, -0.1) is 22.1 Å². The second kappa shape index (κ2) is 21.9. The molecule has 4 N–H and O–H groups in total. The van der Waals surface area contributed by atoms with E-state index < -0.39 is 5.97 Å². The Balaban J connectivity index is 0.00000720. The number of quaternary nitrogens is 1. The van der Waals surface area contributed by atoms with Crippen molar-refractivity contribution in [3.8, 4) is 0 Å². The van der Waals surface area contributed by atoms with Crippen LogP contribution in [0.3, 0.4) is 0 Å². The number of aromatic nitrogens is 4. The quantitative estimate of drug-likeness (QED) is 0.0790. The Morgan fingerprint density at radius 3 is 1.93 bits per heavy atom. The molecule has 0 saturated carbocycles. The minimum absolute atomic E-state index is 0. The van der Waals surface area contributed by atoms with E-state index in [0.717, 1.165) is 98.3 Å². The first-order valence-electron chi connectivity index (χ1n) is 19.6. The average molecular weight is 819 g/mol. The molecule has 3 aromatic rings. The van der Waals surface area contributed by atoms with E-state index in [2.05, 4.69) is 18.9 Å². The van der Waals surface area contributed by atoms with Crippen LogP contribution in [0.1, 0.15) is 104 Å². The van der Waals surface area contributed by atoms with Gasteiger partial charge >= 0.3 is 23.0 Å². The van der Waals surface area contributed by atoms with Gasteiger partial charge in [0.1, 0.15) is 5.78 Å². The number of carboxylic acids is 1. The van der Waals surface area contributed by atoms with E-state index in [1.165, 1.54) is 0 Å². The molecular formula is C45H56FeN5O6+. The summed E-state index contributed by atoms with van der Waals surface area (Å²) in [7, 11) is 0. The van der Waals surface area contributed by atoms with E-state index >= 15 is 0 Å². The number of rotatable bonds is 22. The van der Waals surface area contributed by atoms with E-state index in [9.17, 15) is 14.7 Å². The zero-order valence-electron chi connectivity index (χ0n) is 33.8. The number of nitrogens with zero attached hydrogens (tertiary/aromatic N) is 4. The molecule has 0 fully saturated rings. The molecule has 0 amide bonds. The third-order valence-electron chi connectivity index (χ3n) is 10.4. The van der Waals surface area contributed by atoms with Crippen molar-refractivity contribution in [3.63, 3.8) is 0 Å². The second-order valence-electron chi connectivity index (χ2n) is 14.2. The minimum Gasteiger partial charge on any atom is -0.657 e. The summed E-state index contributed by atoms with van der Waals surface area (Å²) >= 11 is 0. The van der Waals surface area contributed by atoms with Crippen molar-refractivity contribution in [2.45, 2.75) is 79.1 Å². The van der Waals surface area contributed by atoms with Crippen molar-refractivity contribution in [2.75, 3.05) is 46.2 Å². The normalized spacial score (nSPS) is 12.6. The van der Waals surface area contributed by atoms with Gasteiger partial charge in [0.05, 0.1) is 62.4 Å². The van der Waals surface area contributed by atoms with Gasteiger partial charge in [-0.1, -0.05) is 66.3 Å². The number of ether oxygens (including phenoxy) is 3. The van der Waals surface area contributed by atoms with Gasteiger partial charge < -0.3 is 35.0 Å². The molecule has 12 heteroatoms. The third kappa shape index (κ3) is 11.6. The Morgan fingerprint density at radius 2 is 1.26 bits per heavy atom. The molecule has 5 rings (SSSR count). The van der Waals surface area contributed by atoms with Crippen LogP contribution in [0, 0.1) is 13.8 Å². The molecular weight excluding hydrogens is 762 g/mol. The molecule has 0 unspecified atom stereocenters. The molecule has 2 aliphatic rings. The minimum atomic E-state index is -0.880. The number of allylic oxidation sites excluding steroid dienone is 5. The van der Waals surface area contributed by atoms with Crippen molar-refractivity contribution in [1.29, 1.82) is 0 Å². The topological polar surface area (TPSA) is 164 Å². The van der Waals surface area contributed by atoms with Crippen LogP contribution in [0.25, 0.3) is 50.4 Å². The van der Waals surface area contributed by atoms with E-state index in [1.54, 1.807) is 6.08 Å². The standard InChI is InChI=1S/C45H56N5O6.Fe/c1-7-33-28(3)37-24-38-30(5)35(14-13-32(51)12-9-10-18-54-20-22-56-23-21-55-19-11-17-46)43(49-38)27-44-36(15-16-45(52)53)31(6)40(50-44)26-42-34(8-2)29(4)39(48-42)25-41(33)47-37;/h7-8,24-27H,1-2,9-23,46H2,3-6H3,(H2-,47,48,49,50,52,53);/q-1;+2. The number of hydrogen-bond donors (Lipinski definition) is 2. The molecule has 8 bridgehead atoms.